The van der Waals surface area contributed by atoms with Gasteiger partial charge in [-0.15, -0.1) is 0 Å². The first-order valence-corrected chi connectivity index (χ1v) is 6.65. The molecule has 18 heavy (non-hydrogen) atoms. The van der Waals surface area contributed by atoms with Crippen LogP contribution >= 0.6 is 0 Å². The van der Waals surface area contributed by atoms with Gasteiger partial charge in [0.25, 0.3) is 0 Å². The highest BCUT2D eigenvalue weighted by atomic mass is 16.4. The molecule has 1 saturated carbocycles. The lowest BCUT2D eigenvalue weighted by Gasteiger charge is -2.31. The molecule has 0 spiro atoms. The predicted octanol–water partition coefficient (Wildman–Crippen LogP) is 1.51. The highest BCUT2D eigenvalue weighted by molar-refractivity contribution is 5.86. The Bertz CT molecular complexity index is 408. The standard InChI is InChI=1S/C13H21N3O2/c1-2-10-8-15-11(18-10)9-16-12(17)13(14)6-4-3-5-7-13/h8H,2-7,9,14H2,1H3,(H,16,17). The van der Waals surface area contributed by atoms with Gasteiger partial charge in [-0.1, -0.05) is 26.2 Å². The van der Waals surface area contributed by atoms with E-state index in [0.717, 1.165) is 37.9 Å². The van der Waals surface area contributed by atoms with Gasteiger partial charge < -0.3 is 15.5 Å². The number of nitrogens with two attached hydrogens (primary N) is 1. The number of amides is 1. The van der Waals surface area contributed by atoms with Gasteiger partial charge in [-0.2, -0.15) is 0 Å². The summed E-state index contributed by atoms with van der Waals surface area (Å²) in [6.07, 6.45) is 7.27. The van der Waals surface area contributed by atoms with Gasteiger partial charge in [-0.05, 0) is 12.8 Å². The maximum absolute atomic E-state index is 12.1. The summed E-state index contributed by atoms with van der Waals surface area (Å²) in [7, 11) is 0. The number of rotatable bonds is 4. The van der Waals surface area contributed by atoms with E-state index in [0.29, 0.717) is 12.4 Å². The lowest BCUT2D eigenvalue weighted by atomic mass is 9.82. The summed E-state index contributed by atoms with van der Waals surface area (Å²) in [4.78, 5) is 16.2. The van der Waals surface area contributed by atoms with Crippen LogP contribution in [0.15, 0.2) is 10.6 Å². The molecule has 0 unspecified atom stereocenters. The Morgan fingerprint density at radius 1 is 1.50 bits per heavy atom. The Morgan fingerprint density at radius 3 is 2.83 bits per heavy atom. The van der Waals surface area contributed by atoms with Crippen molar-refractivity contribution in [3.8, 4) is 0 Å². The van der Waals surface area contributed by atoms with E-state index in [-0.39, 0.29) is 5.91 Å². The number of oxazole rings is 1. The van der Waals surface area contributed by atoms with E-state index < -0.39 is 5.54 Å². The molecule has 3 N–H and O–H groups in total. The molecule has 0 bridgehead atoms. The van der Waals surface area contributed by atoms with Crippen LogP contribution in [0, 0.1) is 0 Å². The van der Waals surface area contributed by atoms with Crippen molar-refractivity contribution in [3.63, 3.8) is 0 Å². The third-order valence-electron chi connectivity index (χ3n) is 3.55. The van der Waals surface area contributed by atoms with Crippen molar-refractivity contribution >= 4 is 5.91 Å². The summed E-state index contributed by atoms with van der Waals surface area (Å²) in [6, 6.07) is 0. The summed E-state index contributed by atoms with van der Waals surface area (Å²) in [5.74, 6) is 1.29. The third-order valence-corrected chi connectivity index (χ3v) is 3.55. The second-order valence-corrected chi connectivity index (χ2v) is 4.97. The summed E-state index contributed by atoms with van der Waals surface area (Å²) in [5.41, 5.74) is 5.44. The molecule has 100 valence electrons. The average Bonchev–Trinajstić information content (AvgIpc) is 2.84. The summed E-state index contributed by atoms with van der Waals surface area (Å²) in [6.45, 7) is 2.32. The highest BCUT2D eigenvalue weighted by Gasteiger charge is 2.35. The van der Waals surface area contributed by atoms with Crippen molar-refractivity contribution in [3.05, 3.63) is 17.8 Å². The number of aryl methyl sites for hydroxylation is 1. The molecule has 1 aliphatic rings. The lowest BCUT2D eigenvalue weighted by molar-refractivity contribution is -0.127. The molecule has 1 fully saturated rings. The van der Waals surface area contributed by atoms with Gasteiger partial charge in [-0.3, -0.25) is 4.79 Å². The van der Waals surface area contributed by atoms with Crippen molar-refractivity contribution in [1.29, 1.82) is 0 Å². The van der Waals surface area contributed by atoms with Gasteiger partial charge in [-0.25, -0.2) is 4.98 Å². The fraction of sp³-hybridized carbons (Fsp3) is 0.692. The number of carbonyl (C=O) groups is 1. The van der Waals surface area contributed by atoms with E-state index in [1.807, 2.05) is 6.92 Å². The Kier molecular flexibility index (Phi) is 4.01. The summed E-state index contributed by atoms with van der Waals surface area (Å²) >= 11 is 0. The van der Waals surface area contributed by atoms with E-state index in [4.69, 9.17) is 10.2 Å². The Balaban J connectivity index is 1.87. The summed E-state index contributed by atoms with van der Waals surface area (Å²) < 4.78 is 5.44. The van der Waals surface area contributed by atoms with E-state index in [2.05, 4.69) is 10.3 Å². The number of aromatic nitrogens is 1. The Labute approximate surface area is 107 Å². The first-order valence-electron chi connectivity index (χ1n) is 6.65. The predicted molar refractivity (Wildman–Crippen MR) is 67.7 cm³/mol. The molecule has 0 aromatic carbocycles. The molecule has 5 nitrogen and oxygen atoms in total. The van der Waals surface area contributed by atoms with Crippen LogP contribution in [0.4, 0.5) is 0 Å². The van der Waals surface area contributed by atoms with Crippen molar-refractivity contribution in [2.24, 2.45) is 5.73 Å². The number of hydrogen-bond donors (Lipinski definition) is 2. The van der Waals surface area contributed by atoms with Gasteiger partial charge in [0.15, 0.2) is 0 Å². The smallest absolute Gasteiger partial charge is 0.240 e. The second kappa shape index (κ2) is 5.52. The van der Waals surface area contributed by atoms with Crippen LogP contribution in [0.1, 0.15) is 50.7 Å². The van der Waals surface area contributed by atoms with Crippen LogP contribution < -0.4 is 11.1 Å². The average molecular weight is 251 g/mol. The number of nitrogens with zero attached hydrogens (tertiary/aromatic N) is 1. The van der Waals surface area contributed by atoms with Crippen LogP contribution in [-0.2, 0) is 17.8 Å². The van der Waals surface area contributed by atoms with Crippen molar-refractivity contribution in [1.82, 2.24) is 10.3 Å². The van der Waals surface area contributed by atoms with E-state index in [1.165, 1.54) is 6.42 Å². The van der Waals surface area contributed by atoms with Gasteiger partial charge in [0.05, 0.1) is 18.3 Å². The van der Waals surface area contributed by atoms with Crippen molar-refractivity contribution in [2.75, 3.05) is 0 Å². The van der Waals surface area contributed by atoms with E-state index in [1.54, 1.807) is 6.20 Å². The normalized spacial score (nSPS) is 18.6. The minimum absolute atomic E-state index is 0.0848. The number of carbonyl (C=O) groups excluding carboxylic acids is 1. The van der Waals surface area contributed by atoms with Crippen molar-refractivity contribution in [2.45, 2.75) is 57.5 Å². The van der Waals surface area contributed by atoms with Gasteiger partial charge in [0.2, 0.25) is 11.8 Å². The first kappa shape index (κ1) is 13.1. The fourth-order valence-electron chi connectivity index (χ4n) is 2.33. The van der Waals surface area contributed by atoms with Crippen LogP contribution in [0.25, 0.3) is 0 Å². The molecule has 1 aromatic rings. The van der Waals surface area contributed by atoms with Crippen LogP contribution in [-0.4, -0.2) is 16.4 Å². The maximum Gasteiger partial charge on any atom is 0.240 e. The molecule has 0 aliphatic heterocycles. The molecule has 1 aliphatic carbocycles. The zero-order valence-corrected chi connectivity index (χ0v) is 10.9. The second-order valence-electron chi connectivity index (χ2n) is 4.97. The molecule has 0 saturated heterocycles. The molecule has 1 aromatic heterocycles. The molecular weight excluding hydrogens is 230 g/mol. The van der Waals surface area contributed by atoms with Crippen molar-refractivity contribution < 1.29 is 9.21 Å². The van der Waals surface area contributed by atoms with Gasteiger partial charge in [0.1, 0.15) is 5.76 Å². The number of nitrogens with one attached hydrogen (secondary N) is 1. The molecule has 0 atom stereocenters. The highest BCUT2D eigenvalue weighted by Crippen LogP contribution is 2.26. The largest absolute Gasteiger partial charge is 0.444 e. The molecule has 5 heteroatoms. The minimum atomic E-state index is -0.696. The van der Waals surface area contributed by atoms with E-state index in [9.17, 15) is 4.79 Å². The first-order chi connectivity index (χ1) is 8.64. The molecule has 0 radical (unpaired) electrons. The monoisotopic (exact) mass is 251 g/mol. The molecule has 1 amide bonds. The topological polar surface area (TPSA) is 81.2 Å². The van der Waals surface area contributed by atoms with Gasteiger partial charge in [0, 0.05) is 6.42 Å². The zero-order valence-electron chi connectivity index (χ0n) is 10.9. The quantitative estimate of drug-likeness (QED) is 0.850. The maximum atomic E-state index is 12.1. The van der Waals surface area contributed by atoms with Crippen LogP contribution in [0.5, 0.6) is 0 Å². The minimum Gasteiger partial charge on any atom is -0.444 e. The molecule has 2 rings (SSSR count). The van der Waals surface area contributed by atoms with Crippen LogP contribution in [0.3, 0.4) is 0 Å². The van der Waals surface area contributed by atoms with Crippen LogP contribution in [0.2, 0.25) is 0 Å². The Hall–Kier alpha value is -1.36. The lowest BCUT2D eigenvalue weighted by Crippen LogP contribution is -2.54. The SMILES string of the molecule is CCc1cnc(CNC(=O)C2(N)CCCCC2)o1. The summed E-state index contributed by atoms with van der Waals surface area (Å²) in [5, 5.41) is 2.83. The third kappa shape index (κ3) is 2.90. The Morgan fingerprint density at radius 2 is 2.22 bits per heavy atom. The van der Waals surface area contributed by atoms with E-state index >= 15 is 0 Å². The molecular formula is C13H21N3O2. The van der Waals surface area contributed by atoms with Gasteiger partial charge >= 0.3 is 0 Å². The number of hydrogen-bond acceptors (Lipinski definition) is 4. The zero-order chi connectivity index (χ0) is 13.0. The molecule has 1 heterocycles. The fourth-order valence-corrected chi connectivity index (χ4v) is 2.33.